The normalized spacial score (nSPS) is 24.0. The van der Waals surface area contributed by atoms with E-state index < -0.39 is 5.79 Å². The third-order valence-corrected chi connectivity index (χ3v) is 4.93. The van der Waals surface area contributed by atoms with Gasteiger partial charge in [-0.15, -0.1) is 0 Å². The van der Waals surface area contributed by atoms with Gasteiger partial charge in [0.05, 0.1) is 18.9 Å². The molecule has 2 heterocycles. The van der Waals surface area contributed by atoms with Crippen LogP contribution in [0.15, 0.2) is 0 Å². The summed E-state index contributed by atoms with van der Waals surface area (Å²) >= 11 is 0. The molecule has 1 saturated heterocycles. The molecular formula is C18H28N2O2. The van der Waals surface area contributed by atoms with Gasteiger partial charge in [0.15, 0.2) is 5.79 Å². The Morgan fingerprint density at radius 3 is 2.36 bits per heavy atom. The second-order valence-electron chi connectivity index (χ2n) is 7.38. The fraction of sp³-hybridized carbons (Fsp3) is 0.778. The van der Waals surface area contributed by atoms with Crippen LogP contribution in [0, 0.1) is 12.8 Å². The summed E-state index contributed by atoms with van der Waals surface area (Å²) in [5.41, 5.74) is 3.57. The molecule has 22 heavy (non-hydrogen) atoms. The Hall–Kier alpha value is -1.00. The molecule has 1 aliphatic carbocycles. The summed E-state index contributed by atoms with van der Waals surface area (Å²) in [5.74, 6) is 1.76. The van der Waals surface area contributed by atoms with E-state index in [9.17, 15) is 0 Å². The van der Waals surface area contributed by atoms with Crippen LogP contribution >= 0.6 is 0 Å². The van der Waals surface area contributed by atoms with Crippen LogP contribution in [0.2, 0.25) is 0 Å². The molecule has 0 amide bonds. The lowest BCUT2D eigenvalue weighted by molar-refractivity contribution is -0.275. The number of hydrogen-bond acceptors (Lipinski definition) is 4. The van der Waals surface area contributed by atoms with Crippen LogP contribution in [0.25, 0.3) is 0 Å². The highest BCUT2D eigenvalue weighted by atomic mass is 16.7. The van der Waals surface area contributed by atoms with Gasteiger partial charge < -0.3 is 9.47 Å². The van der Waals surface area contributed by atoms with Crippen LogP contribution in [-0.2, 0) is 15.9 Å². The molecule has 4 nitrogen and oxygen atoms in total. The van der Waals surface area contributed by atoms with Crippen LogP contribution in [0.4, 0.5) is 0 Å². The lowest BCUT2D eigenvalue weighted by atomic mass is 9.76. The van der Waals surface area contributed by atoms with E-state index in [1.165, 1.54) is 11.3 Å². The molecule has 0 radical (unpaired) electrons. The smallest absolute Gasteiger partial charge is 0.173 e. The summed E-state index contributed by atoms with van der Waals surface area (Å²) in [5, 5.41) is 0. The van der Waals surface area contributed by atoms with Crippen molar-refractivity contribution in [1.82, 2.24) is 9.97 Å². The standard InChI is InChI=1S/C18H28N2O2/c1-11(2)14-9-18(21-7-6-8-22-18)10-15-13(5)19-17(12(3)4)20-16(14)15/h11-12,14H,6-10H2,1-5H3. The van der Waals surface area contributed by atoms with Crippen LogP contribution in [0.5, 0.6) is 0 Å². The zero-order valence-corrected chi connectivity index (χ0v) is 14.5. The molecule has 1 spiro atoms. The first-order chi connectivity index (χ1) is 10.4. The highest BCUT2D eigenvalue weighted by Crippen LogP contribution is 2.44. The van der Waals surface area contributed by atoms with Crippen molar-refractivity contribution >= 4 is 0 Å². The largest absolute Gasteiger partial charge is 0.349 e. The van der Waals surface area contributed by atoms with E-state index in [0.29, 0.717) is 17.8 Å². The Morgan fingerprint density at radius 2 is 1.77 bits per heavy atom. The number of hydrogen-bond donors (Lipinski definition) is 0. The molecular weight excluding hydrogens is 276 g/mol. The van der Waals surface area contributed by atoms with Gasteiger partial charge in [-0.3, -0.25) is 0 Å². The predicted molar refractivity (Wildman–Crippen MR) is 86.0 cm³/mol. The van der Waals surface area contributed by atoms with Gasteiger partial charge in [0.1, 0.15) is 5.82 Å². The Labute approximate surface area is 133 Å². The maximum atomic E-state index is 6.10. The summed E-state index contributed by atoms with van der Waals surface area (Å²) in [6, 6.07) is 0. The lowest BCUT2D eigenvalue weighted by Crippen LogP contribution is -2.47. The van der Waals surface area contributed by atoms with Gasteiger partial charge in [0.2, 0.25) is 0 Å². The SMILES string of the molecule is Cc1nc(C(C)C)nc2c1CC1(CC2C(C)C)OCCCO1. The van der Waals surface area contributed by atoms with Crippen molar-refractivity contribution in [2.24, 2.45) is 5.92 Å². The van der Waals surface area contributed by atoms with Gasteiger partial charge in [0, 0.05) is 35.9 Å². The number of ether oxygens (including phenoxy) is 2. The van der Waals surface area contributed by atoms with Gasteiger partial charge in [-0.1, -0.05) is 27.7 Å². The summed E-state index contributed by atoms with van der Waals surface area (Å²) in [4.78, 5) is 9.67. The molecule has 3 rings (SSSR count). The summed E-state index contributed by atoms with van der Waals surface area (Å²) in [7, 11) is 0. The summed E-state index contributed by atoms with van der Waals surface area (Å²) < 4.78 is 12.2. The first-order valence-corrected chi connectivity index (χ1v) is 8.57. The molecule has 1 aromatic heterocycles. The minimum atomic E-state index is -0.451. The number of aromatic nitrogens is 2. The molecule has 122 valence electrons. The highest BCUT2D eigenvalue weighted by molar-refractivity contribution is 5.33. The number of rotatable bonds is 2. The Bertz CT molecular complexity index is 548. The highest BCUT2D eigenvalue weighted by Gasteiger charge is 2.45. The Balaban J connectivity index is 2.06. The van der Waals surface area contributed by atoms with Crippen molar-refractivity contribution in [2.45, 2.75) is 71.5 Å². The zero-order valence-electron chi connectivity index (χ0n) is 14.5. The van der Waals surface area contributed by atoms with Crippen molar-refractivity contribution < 1.29 is 9.47 Å². The van der Waals surface area contributed by atoms with Crippen molar-refractivity contribution in [2.75, 3.05) is 13.2 Å². The third-order valence-electron chi connectivity index (χ3n) is 4.93. The van der Waals surface area contributed by atoms with E-state index in [1.807, 2.05) is 0 Å². The van der Waals surface area contributed by atoms with Crippen LogP contribution < -0.4 is 0 Å². The lowest BCUT2D eigenvalue weighted by Gasteiger charge is -2.44. The van der Waals surface area contributed by atoms with Gasteiger partial charge >= 0.3 is 0 Å². The molecule has 0 aromatic carbocycles. The maximum Gasteiger partial charge on any atom is 0.173 e. The molecule has 1 unspecified atom stereocenters. The molecule has 1 aliphatic heterocycles. The molecule has 1 aromatic rings. The maximum absolute atomic E-state index is 6.10. The minimum Gasteiger partial charge on any atom is -0.349 e. The van der Waals surface area contributed by atoms with Gasteiger partial charge in [-0.25, -0.2) is 9.97 Å². The summed E-state index contributed by atoms with van der Waals surface area (Å²) in [6.45, 7) is 12.5. The topological polar surface area (TPSA) is 44.2 Å². The van der Waals surface area contributed by atoms with Crippen LogP contribution in [-0.4, -0.2) is 29.0 Å². The molecule has 1 fully saturated rings. The average Bonchev–Trinajstić information content (AvgIpc) is 2.48. The van der Waals surface area contributed by atoms with Crippen molar-refractivity contribution in [1.29, 1.82) is 0 Å². The Morgan fingerprint density at radius 1 is 1.09 bits per heavy atom. The molecule has 4 heteroatoms. The van der Waals surface area contributed by atoms with E-state index >= 15 is 0 Å². The van der Waals surface area contributed by atoms with Gasteiger partial charge in [-0.2, -0.15) is 0 Å². The van der Waals surface area contributed by atoms with Gasteiger partial charge in [0.25, 0.3) is 0 Å². The monoisotopic (exact) mass is 304 g/mol. The second kappa shape index (κ2) is 5.89. The summed E-state index contributed by atoms with van der Waals surface area (Å²) in [6.07, 6.45) is 2.68. The fourth-order valence-corrected chi connectivity index (χ4v) is 3.59. The molecule has 0 saturated carbocycles. The van der Waals surface area contributed by atoms with Crippen molar-refractivity contribution in [3.05, 3.63) is 22.8 Å². The quantitative estimate of drug-likeness (QED) is 0.835. The molecule has 1 atom stereocenters. The predicted octanol–water partition coefficient (Wildman–Crippen LogP) is 3.73. The first-order valence-electron chi connectivity index (χ1n) is 8.57. The van der Waals surface area contributed by atoms with Crippen molar-refractivity contribution in [3.8, 4) is 0 Å². The van der Waals surface area contributed by atoms with E-state index in [1.54, 1.807) is 0 Å². The van der Waals surface area contributed by atoms with Crippen LogP contribution in [0.1, 0.15) is 75.1 Å². The van der Waals surface area contributed by atoms with E-state index in [-0.39, 0.29) is 0 Å². The molecule has 2 aliphatic rings. The Kier molecular flexibility index (Phi) is 4.25. The number of fused-ring (bicyclic) bond motifs is 1. The van der Waals surface area contributed by atoms with E-state index in [2.05, 4.69) is 34.6 Å². The van der Waals surface area contributed by atoms with Crippen molar-refractivity contribution in [3.63, 3.8) is 0 Å². The van der Waals surface area contributed by atoms with E-state index in [4.69, 9.17) is 19.4 Å². The molecule has 0 bridgehead atoms. The average molecular weight is 304 g/mol. The second-order valence-corrected chi connectivity index (χ2v) is 7.38. The van der Waals surface area contributed by atoms with Gasteiger partial charge in [-0.05, 0) is 19.3 Å². The molecule has 0 N–H and O–H groups in total. The van der Waals surface area contributed by atoms with E-state index in [0.717, 1.165) is 44.0 Å². The minimum absolute atomic E-state index is 0.356. The number of aryl methyl sites for hydroxylation is 1. The van der Waals surface area contributed by atoms with Crippen LogP contribution in [0.3, 0.4) is 0 Å². The fourth-order valence-electron chi connectivity index (χ4n) is 3.59. The first kappa shape index (κ1) is 15.9. The third kappa shape index (κ3) is 2.79. The zero-order chi connectivity index (χ0) is 15.9. The number of nitrogens with zero attached hydrogens (tertiary/aromatic N) is 2.